The van der Waals surface area contributed by atoms with Crippen molar-refractivity contribution in [2.45, 2.75) is 13.8 Å². The number of anilines is 1. The topological polar surface area (TPSA) is 75.8 Å². The first-order valence-corrected chi connectivity index (χ1v) is 4.94. The summed E-state index contributed by atoms with van der Waals surface area (Å²) >= 11 is -2.17. The van der Waals surface area contributed by atoms with E-state index in [1.165, 1.54) is 7.11 Å². The van der Waals surface area contributed by atoms with Crippen LogP contribution in [0, 0.1) is 13.8 Å². The summed E-state index contributed by atoms with van der Waals surface area (Å²) in [5.74, 6) is 0.941. The van der Waals surface area contributed by atoms with Crippen molar-refractivity contribution in [2.24, 2.45) is 0 Å². The van der Waals surface area contributed by atoms with Crippen molar-refractivity contribution in [1.82, 2.24) is 5.16 Å². The molecule has 0 aromatic carbocycles. The molecule has 0 saturated heterocycles. The van der Waals surface area contributed by atoms with Crippen molar-refractivity contribution in [1.29, 1.82) is 0 Å². The number of rotatable bonds is 4. The fraction of sp³-hybridized carbons (Fsp3) is 0.571. The maximum atomic E-state index is 10.9. The lowest BCUT2D eigenvalue weighted by molar-refractivity contribution is 0.208. The van der Waals surface area contributed by atoms with Gasteiger partial charge < -0.3 is 9.26 Å². The minimum atomic E-state index is -2.17. The molecule has 0 bridgehead atoms. The minimum Gasteiger partial charge on any atom is -0.363 e. The summed E-state index contributed by atoms with van der Waals surface area (Å²) in [7, 11) is 1.43. The van der Waals surface area contributed by atoms with E-state index in [0.717, 1.165) is 9.87 Å². The van der Waals surface area contributed by atoms with Gasteiger partial charge in [0.1, 0.15) is 12.5 Å². The van der Waals surface area contributed by atoms with E-state index < -0.39 is 11.3 Å². The second-order valence-electron chi connectivity index (χ2n) is 2.71. The summed E-state index contributed by atoms with van der Waals surface area (Å²) in [5.41, 5.74) is 0.726. The lowest BCUT2D eigenvalue weighted by Gasteiger charge is -2.15. The second kappa shape index (κ2) is 4.54. The van der Waals surface area contributed by atoms with Crippen molar-refractivity contribution in [3.8, 4) is 0 Å². The largest absolute Gasteiger partial charge is 0.363 e. The molecule has 1 N–H and O–H groups in total. The molecule has 0 radical (unpaired) electrons. The second-order valence-corrected chi connectivity index (χ2v) is 3.62. The third kappa shape index (κ3) is 2.11. The number of aromatic nitrogens is 1. The van der Waals surface area contributed by atoms with Gasteiger partial charge in [-0.15, -0.1) is 0 Å². The smallest absolute Gasteiger partial charge is 0.265 e. The Morgan fingerprint density at radius 2 is 2.29 bits per heavy atom. The lowest BCUT2D eigenvalue weighted by atomic mass is 10.3. The quantitative estimate of drug-likeness (QED) is 0.601. The molecule has 0 aliphatic carbocycles. The van der Waals surface area contributed by atoms with Gasteiger partial charge >= 0.3 is 0 Å². The molecule has 0 aliphatic heterocycles. The SMILES string of the molecule is COCN(c1noc(C)c1C)S(=O)O. The first kappa shape index (κ1) is 11.2. The van der Waals surface area contributed by atoms with E-state index in [4.69, 9.17) is 13.8 Å². The van der Waals surface area contributed by atoms with Gasteiger partial charge in [-0.1, -0.05) is 5.16 Å². The molecular formula is C7H12N2O4S. The van der Waals surface area contributed by atoms with E-state index in [1.54, 1.807) is 13.8 Å². The van der Waals surface area contributed by atoms with Crippen molar-refractivity contribution in [3.63, 3.8) is 0 Å². The van der Waals surface area contributed by atoms with Gasteiger partial charge in [-0.2, -0.15) is 0 Å². The summed E-state index contributed by atoms with van der Waals surface area (Å²) < 4.78 is 30.6. The fourth-order valence-corrected chi connectivity index (χ4v) is 1.45. The normalized spacial score (nSPS) is 12.9. The highest BCUT2D eigenvalue weighted by atomic mass is 32.2. The standard InChI is InChI=1S/C7H12N2O4S/c1-5-6(2)13-8-7(5)9(4-12-3)14(10)11/h4H2,1-3H3,(H,10,11). The van der Waals surface area contributed by atoms with Crippen LogP contribution in [0.4, 0.5) is 5.82 Å². The maximum absolute atomic E-state index is 10.9. The van der Waals surface area contributed by atoms with Gasteiger partial charge in [-0.25, -0.2) is 8.51 Å². The van der Waals surface area contributed by atoms with Gasteiger partial charge in [0, 0.05) is 12.7 Å². The Morgan fingerprint density at radius 1 is 1.64 bits per heavy atom. The van der Waals surface area contributed by atoms with Gasteiger partial charge in [0.15, 0.2) is 5.82 Å². The van der Waals surface area contributed by atoms with E-state index >= 15 is 0 Å². The molecule has 1 heterocycles. The highest BCUT2D eigenvalue weighted by molar-refractivity contribution is 7.80. The zero-order valence-electron chi connectivity index (χ0n) is 8.18. The van der Waals surface area contributed by atoms with E-state index in [2.05, 4.69) is 5.16 Å². The summed E-state index contributed by atoms with van der Waals surface area (Å²) in [5, 5.41) is 3.67. The summed E-state index contributed by atoms with van der Waals surface area (Å²) in [6, 6.07) is 0. The molecule has 0 aliphatic rings. The molecule has 1 aromatic rings. The first-order valence-electron chi connectivity index (χ1n) is 3.88. The van der Waals surface area contributed by atoms with E-state index in [0.29, 0.717) is 11.6 Å². The predicted molar refractivity (Wildman–Crippen MR) is 51.1 cm³/mol. The summed E-state index contributed by atoms with van der Waals surface area (Å²) in [6.07, 6.45) is 0. The Morgan fingerprint density at radius 3 is 2.64 bits per heavy atom. The number of nitrogens with zero attached hydrogens (tertiary/aromatic N) is 2. The molecule has 0 saturated carbocycles. The zero-order chi connectivity index (χ0) is 10.7. The van der Waals surface area contributed by atoms with Gasteiger partial charge in [0.2, 0.25) is 0 Å². The van der Waals surface area contributed by atoms with Crippen LogP contribution < -0.4 is 4.31 Å². The maximum Gasteiger partial charge on any atom is 0.265 e. The summed E-state index contributed by atoms with van der Waals surface area (Å²) in [6.45, 7) is 3.48. The molecule has 0 fully saturated rings. The Bertz CT molecular complexity index is 338. The predicted octanol–water partition coefficient (Wildman–Crippen LogP) is 0.838. The Hall–Kier alpha value is -0.920. The fourth-order valence-electron chi connectivity index (χ4n) is 0.936. The molecule has 1 unspecified atom stereocenters. The average molecular weight is 220 g/mol. The Kier molecular flexibility index (Phi) is 3.62. The van der Waals surface area contributed by atoms with Crippen molar-refractivity contribution < 1.29 is 18.0 Å². The Labute approximate surface area is 84.2 Å². The third-order valence-corrected chi connectivity index (χ3v) is 2.46. The molecule has 1 rings (SSSR count). The van der Waals surface area contributed by atoms with Crippen LogP contribution in [0.25, 0.3) is 0 Å². The van der Waals surface area contributed by atoms with Crippen LogP contribution in [0.5, 0.6) is 0 Å². The van der Waals surface area contributed by atoms with E-state index in [-0.39, 0.29) is 6.73 Å². The summed E-state index contributed by atoms with van der Waals surface area (Å²) in [4.78, 5) is 0. The first-order chi connectivity index (χ1) is 6.57. The number of aryl methyl sites for hydroxylation is 1. The van der Waals surface area contributed by atoms with E-state index in [9.17, 15) is 4.21 Å². The van der Waals surface area contributed by atoms with Crippen LogP contribution in [0.15, 0.2) is 4.52 Å². The van der Waals surface area contributed by atoms with Gasteiger partial charge in [-0.3, -0.25) is 4.55 Å². The number of hydrogen-bond acceptors (Lipinski definition) is 4. The van der Waals surface area contributed by atoms with Crippen molar-refractivity contribution in [3.05, 3.63) is 11.3 Å². The number of methoxy groups -OCH3 is 1. The molecule has 14 heavy (non-hydrogen) atoms. The molecule has 80 valence electrons. The van der Waals surface area contributed by atoms with Crippen LogP contribution in [0.3, 0.4) is 0 Å². The monoisotopic (exact) mass is 220 g/mol. The van der Waals surface area contributed by atoms with Crippen molar-refractivity contribution >= 4 is 17.1 Å². The van der Waals surface area contributed by atoms with E-state index in [1.807, 2.05) is 0 Å². The molecule has 0 amide bonds. The molecule has 0 spiro atoms. The Balaban J connectivity index is 2.99. The van der Waals surface area contributed by atoms with Gasteiger partial charge in [0.25, 0.3) is 11.3 Å². The van der Waals surface area contributed by atoms with Gasteiger partial charge in [-0.05, 0) is 13.8 Å². The zero-order valence-corrected chi connectivity index (χ0v) is 9.00. The van der Waals surface area contributed by atoms with Crippen molar-refractivity contribution in [2.75, 3.05) is 18.1 Å². The average Bonchev–Trinajstić information content (AvgIpc) is 2.44. The highest BCUT2D eigenvalue weighted by Crippen LogP contribution is 2.21. The molecule has 6 nitrogen and oxygen atoms in total. The lowest BCUT2D eigenvalue weighted by Crippen LogP contribution is -2.28. The highest BCUT2D eigenvalue weighted by Gasteiger charge is 2.19. The minimum absolute atomic E-state index is 0.0179. The molecule has 1 aromatic heterocycles. The molecule has 7 heteroatoms. The number of hydrogen-bond donors (Lipinski definition) is 1. The third-order valence-electron chi connectivity index (χ3n) is 1.80. The molecule has 1 atom stereocenters. The van der Waals surface area contributed by atoms with Crippen LogP contribution in [-0.4, -0.2) is 27.8 Å². The molecular weight excluding hydrogens is 208 g/mol. The van der Waals surface area contributed by atoms with Crippen LogP contribution >= 0.6 is 0 Å². The van der Waals surface area contributed by atoms with Gasteiger partial charge in [0.05, 0.1) is 0 Å². The van der Waals surface area contributed by atoms with Crippen LogP contribution in [-0.2, 0) is 16.0 Å². The number of ether oxygens (including phenoxy) is 1. The van der Waals surface area contributed by atoms with Crippen LogP contribution in [0.2, 0.25) is 0 Å². The van der Waals surface area contributed by atoms with Crippen LogP contribution in [0.1, 0.15) is 11.3 Å².